The Hall–Kier alpha value is -1.82. The van der Waals surface area contributed by atoms with Gasteiger partial charge in [-0.2, -0.15) is 0 Å². The van der Waals surface area contributed by atoms with Crippen LogP contribution in [0.15, 0.2) is 48.5 Å². The zero-order chi connectivity index (χ0) is 17.1. The van der Waals surface area contributed by atoms with E-state index in [0.29, 0.717) is 0 Å². The smallest absolute Gasteiger partial charge is 0.0146 e. The van der Waals surface area contributed by atoms with E-state index in [0.717, 1.165) is 0 Å². The van der Waals surface area contributed by atoms with Gasteiger partial charge in [-0.05, 0) is 46.5 Å². The van der Waals surface area contributed by atoms with Gasteiger partial charge in [0.2, 0.25) is 0 Å². The quantitative estimate of drug-likeness (QED) is 0.373. The predicted molar refractivity (Wildman–Crippen MR) is 105 cm³/mol. The van der Waals surface area contributed by atoms with Gasteiger partial charge >= 0.3 is 0 Å². The van der Waals surface area contributed by atoms with Gasteiger partial charge in [0.25, 0.3) is 0 Å². The summed E-state index contributed by atoms with van der Waals surface area (Å²) in [6.45, 7) is 16.4. The summed E-state index contributed by atoms with van der Waals surface area (Å²) < 4.78 is 0. The standard InChI is InChI=1S/C16H14.3C2H6/c1-11-13-7-3-5-9-15(13)12(2)16-10-6-4-8-14(11)16;3*1-2/h3-10H,1-2H3;3*1-2H3. The summed E-state index contributed by atoms with van der Waals surface area (Å²) in [5, 5.41) is 5.50. The maximum Gasteiger partial charge on any atom is -0.0146 e. The molecule has 3 rings (SSSR count). The molecule has 3 aromatic rings. The summed E-state index contributed by atoms with van der Waals surface area (Å²) in [4.78, 5) is 0. The highest BCUT2D eigenvalue weighted by atomic mass is 14.1. The van der Waals surface area contributed by atoms with Gasteiger partial charge in [-0.1, -0.05) is 90.1 Å². The van der Waals surface area contributed by atoms with Crippen LogP contribution in [0.3, 0.4) is 0 Å². The van der Waals surface area contributed by atoms with Gasteiger partial charge in [0.1, 0.15) is 0 Å². The van der Waals surface area contributed by atoms with E-state index in [9.17, 15) is 0 Å². The van der Waals surface area contributed by atoms with E-state index in [4.69, 9.17) is 0 Å². The highest BCUT2D eigenvalue weighted by molar-refractivity contribution is 6.05. The molecule has 0 radical (unpaired) electrons. The Labute approximate surface area is 137 Å². The molecule has 0 nitrogen and oxygen atoms in total. The molecule has 0 amide bonds. The Morgan fingerprint density at radius 2 is 0.591 bits per heavy atom. The molecule has 0 atom stereocenters. The summed E-state index contributed by atoms with van der Waals surface area (Å²) >= 11 is 0. The summed E-state index contributed by atoms with van der Waals surface area (Å²) in [5.41, 5.74) is 2.77. The first kappa shape index (κ1) is 20.2. The van der Waals surface area contributed by atoms with Crippen LogP contribution in [0.1, 0.15) is 52.7 Å². The summed E-state index contributed by atoms with van der Waals surface area (Å²) in [7, 11) is 0. The molecule has 0 fully saturated rings. The lowest BCUT2D eigenvalue weighted by Gasteiger charge is -2.11. The number of hydrogen-bond acceptors (Lipinski definition) is 0. The lowest BCUT2D eigenvalue weighted by atomic mass is 9.93. The molecule has 0 unspecified atom stereocenters. The van der Waals surface area contributed by atoms with Crippen molar-refractivity contribution in [2.45, 2.75) is 55.4 Å². The fourth-order valence-electron chi connectivity index (χ4n) is 2.56. The minimum absolute atomic E-state index is 1.37. The van der Waals surface area contributed by atoms with Gasteiger partial charge in [0.05, 0.1) is 0 Å². The largest absolute Gasteiger partial charge is 0.0683 e. The van der Waals surface area contributed by atoms with E-state index >= 15 is 0 Å². The van der Waals surface area contributed by atoms with Crippen LogP contribution in [0.25, 0.3) is 21.5 Å². The van der Waals surface area contributed by atoms with Crippen molar-refractivity contribution in [3.05, 3.63) is 59.7 Å². The van der Waals surface area contributed by atoms with Crippen molar-refractivity contribution in [3.63, 3.8) is 0 Å². The van der Waals surface area contributed by atoms with Crippen LogP contribution in [0.4, 0.5) is 0 Å². The maximum absolute atomic E-state index is 2.21. The lowest BCUT2D eigenvalue weighted by molar-refractivity contribution is 1.50. The van der Waals surface area contributed by atoms with Crippen LogP contribution in [-0.2, 0) is 0 Å². The normalized spacial score (nSPS) is 8.91. The van der Waals surface area contributed by atoms with Gasteiger partial charge in [-0.3, -0.25) is 0 Å². The maximum atomic E-state index is 2.21. The first-order valence-electron chi connectivity index (χ1n) is 8.65. The van der Waals surface area contributed by atoms with E-state index < -0.39 is 0 Å². The fraction of sp³-hybridized carbons (Fsp3) is 0.364. The molecule has 0 aliphatic carbocycles. The molecular weight excluding hydrogens is 264 g/mol. The number of benzene rings is 3. The Morgan fingerprint density at radius 1 is 0.409 bits per heavy atom. The molecule has 120 valence electrons. The first-order chi connectivity index (χ1) is 10.8. The Balaban J connectivity index is 0.000000661. The van der Waals surface area contributed by atoms with E-state index in [1.54, 1.807) is 0 Å². The van der Waals surface area contributed by atoms with Crippen LogP contribution < -0.4 is 0 Å². The number of rotatable bonds is 0. The van der Waals surface area contributed by atoms with Crippen molar-refractivity contribution in [3.8, 4) is 0 Å². The molecule has 22 heavy (non-hydrogen) atoms. The molecule has 0 aromatic heterocycles. The molecule has 0 saturated carbocycles. The van der Waals surface area contributed by atoms with Crippen LogP contribution in [-0.4, -0.2) is 0 Å². The van der Waals surface area contributed by atoms with Gasteiger partial charge in [-0.15, -0.1) is 0 Å². The Bertz CT molecular complexity index is 561. The van der Waals surface area contributed by atoms with Crippen LogP contribution in [0, 0.1) is 13.8 Å². The van der Waals surface area contributed by atoms with Gasteiger partial charge in [0, 0.05) is 0 Å². The third-order valence-corrected chi connectivity index (χ3v) is 3.47. The summed E-state index contributed by atoms with van der Waals surface area (Å²) in [6.07, 6.45) is 0. The predicted octanol–water partition coefficient (Wildman–Crippen LogP) is 7.69. The average molecular weight is 296 g/mol. The molecule has 0 heteroatoms. The van der Waals surface area contributed by atoms with Gasteiger partial charge in [-0.25, -0.2) is 0 Å². The number of aryl methyl sites for hydroxylation is 2. The highest BCUT2D eigenvalue weighted by Gasteiger charge is 2.06. The van der Waals surface area contributed by atoms with Crippen molar-refractivity contribution >= 4 is 21.5 Å². The SMILES string of the molecule is CC.CC.CC.Cc1c2ccccc2c(C)c2ccccc12. The molecular formula is C22H32. The molecule has 0 aliphatic rings. The minimum atomic E-state index is 1.37. The average Bonchev–Trinajstić information content (AvgIpc) is 2.65. The zero-order valence-electron chi connectivity index (χ0n) is 15.6. The Morgan fingerprint density at radius 3 is 0.773 bits per heavy atom. The summed E-state index contributed by atoms with van der Waals surface area (Å²) in [6, 6.07) is 17.3. The monoisotopic (exact) mass is 296 g/mol. The summed E-state index contributed by atoms with van der Waals surface area (Å²) in [5.74, 6) is 0. The van der Waals surface area contributed by atoms with Gasteiger partial charge < -0.3 is 0 Å². The van der Waals surface area contributed by atoms with E-state index in [-0.39, 0.29) is 0 Å². The molecule has 0 aliphatic heterocycles. The Kier molecular flexibility index (Phi) is 9.95. The third kappa shape index (κ3) is 4.10. The third-order valence-electron chi connectivity index (χ3n) is 3.47. The molecule has 0 bridgehead atoms. The van der Waals surface area contributed by atoms with Crippen LogP contribution >= 0.6 is 0 Å². The van der Waals surface area contributed by atoms with Crippen molar-refractivity contribution in [1.29, 1.82) is 0 Å². The van der Waals surface area contributed by atoms with Crippen molar-refractivity contribution in [2.75, 3.05) is 0 Å². The number of hydrogen-bond donors (Lipinski definition) is 0. The topological polar surface area (TPSA) is 0 Å². The lowest BCUT2D eigenvalue weighted by Crippen LogP contribution is -1.87. The minimum Gasteiger partial charge on any atom is -0.0683 e. The van der Waals surface area contributed by atoms with E-state index in [1.807, 2.05) is 41.5 Å². The number of fused-ring (bicyclic) bond motifs is 2. The van der Waals surface area contributed by atoms with Crippen molar-refractivity contribution in [2.24, 2.45) is 0 Å². The fourth-order valence-corrected chi connectivity index (χ4v) is 2.56. The van der Waals surface area contributed by atoms with Gasteiger partial charge in [0.15, 0.2) is 0 Å². The molecule has 0 saturated heterocycles. The molecule has 0 heterocycles. The second-order valence-electron chi connectivity index (χ2n) is 4.34. The van der Waals surface area contributed by atoms with Crippen molar-refractivity contribution < 1.29 is 0 Å². The molecule has 0 N–H and O–H groups in total. The zero-order valence-corrected chi connectivity index (χ0v) is 15.6. The molecule has 0 spiro atoms. The van der Waals surface area contributed by atoms with E-state index in [2.05, 4.69) is 62.4 Å². The molecule has 3 aromatic carbocycles. The second-order valence-corrected chi connectivity index (χ2v) is 4.34. The highest BCUT2D eigenvalue weighted by Crippen LogP contribution is 2.31. The van der Waals surface area contributed by atoms with Crippen LogP contribution in [0.2, 0.25) is 0 Å². The van der Waals surface area contributed by atoms with Crippen molar-refractivity contribution in [1.82, 2.24) is 0 Å². The second kappa shape index (κ2) is 10.8. The first-order valence-corrected chi connectivity index (χ1v) is 8.65. The van der Waals surface area contributed by atoms with Crippen LogP contribution in [0.5, 0.6) is 0 Å². The van der Waals surface area contributed by atoms with E-state index in [1.165, 1.54) is 32.7 Å².